The lowest BCUT2D eigenvalue weighted by Crippen LogP contribution is -2.48. The Kier molecular flexibility index (Phi) is 4.23. The fourth-order valence-electron chi connectivity index (χ4n) is 2.42. The van der Waals surface area contributed by atoms with Crippen molar-refractivity contribution in [3.8, 4) is 6.07 Å². The van der Waals surface area contributed by atoms with E-state index in [9.17, 15) is 13.7 Å². The highest BCUT2D eigenvalue weighted by Gasteiger charge is 2.38. The van der Waals surface area contributed by atoms with Crippen molar-refractivity contribution in [2.45, 2.75) is 49.6 Å². The van der Waals surface area contributed by atoms with Gasteiger partial charge in [-0.15, -0.1) is 0 Å². The summed E-state index contributed by atoms with van der Waals surface area (Å²) in [5.41, 5.74) is -0.998. The molecule has 0 atom stereocenters. The molecule has 20 heavy (non-hydrogen) atoms. The SMILES string of the molecule is Cc1nc(S(=O)(=O)NC2(C#N)CCCCC2)c(Br)n1C. The molecule has 110 valence electrons. The normalized spacial score (nSPS) is 18.7. The van der Waals surface area contributed by atoms with Crippen LogP contribution in [0.2, 0.25) is 0 Å². The minimum atomic E-state index is -3.81. The molecule has 1 aliphatic carbocycles. The predicted molar refractivity (Wildman–Crippen MR) is 77.4 cm³/mol. The maximum atomic E-state index is 12.5. The van der Waals surface area contributed by atoms with E-state index < -0.39 is 15.6 Å². The largest absolute Gasteiger partial charge is 0.325 e. The van der Waals surface area contributed by atoms with Gasteiger partial charge in [0, 0.05) is 7.05 Å². The van der Waals surface area contributed by atoms with E-state index in [4.69, 9.17) is 0 Å². The van der Waals surface area contributed by atoms with Crippen molar-refractivity contribution in [3.63, 3.8) is 0 Å². The van der Waals surface area contributed by atoms with Gasteiger partial charge in [-0.05, 0) is 35.7 Å². The molecule has 0 amide bonds. The number of halogens is 1. The summed E-state index contributed by atoms with van der Waals surface area (Å²) in [7, 11) is -2.09. The van der Waals surface area contributed by atoms with Gasteiger partial charge in [0.25, 0.3) is 10.0 Å². The van der Waals surface area contributed by atoms with Crippen LogP contribution < -0.4 is 4.72 Å². The van der Waals surface area contributed by atoms with Gasteiger partial charge in [-0.3, -0.25) is 0 Å². The maximum absolute atomic E-state index is 12.5. The molecule has 2 rings (SSSR count). The molecule has 1 fully saturated rings. The zero-order chi connectivity index (χ0) is 15.0. The van der Waals surface area contributed by atoms with Crippen LogP contribution in [0, 0.1) is 18.3 Å². The third-order valence-corrected chi connectivity index (χ3v) is 6.35. The fraction of sp³-hybridized carbons (Fsp3) is 0.667. The van der Waals surface area contributed by atoms with Crippen molar-refractivity contribution in [1.82, 2.24) is 14.3 Å². The van der Waals surface area contributed by atoms with E-state index in [1.165, 1.54) is 0 Å². The fourth-order valence-corrected chi connectivity index (χ4v) is 4.88. The minimum Gasteiger partial charge on any atom is -0.325 e. The van der Waals surface area contributed by atoms with Crippen molar-refractivity contribution in [2.24, 2.45) is 7.05 Å². The van der Waals surface area contributed by atoms with Gasteiger partial charge in [0.05, 0.1) is 6.07 Å². The van der Waals surface area contributed by atoms with Crippen molar-refractivity contribution in [2.75, 3.05) is 0 Å². The number of nitriles is 1. The van der Waals surface area contributed by atoms with Crippen LogP contribution in [0.25, 0.3) is 0 Å². The molecule has 0 aromatic carbocycles. The van der Waals surface area contributed by atoms with Crippen LogP contribution in [0.15, 0.2) is 9.63 Å². The number of aryl methyl sites for hydroxylation is 1. The van der Waals surface area contributed by atoms with E-state index in [0.717, 1.165) is 19.3 Å². The van der Waals surface area contributed by atoms with Gasteiger partial charge in [0.15, 0.2) is 0 Å². The Balaban J connectivity index is 2.36. The standard InChI is InChI=1S/C12H17BrN4O2S/c1-9-15-11(10(13)17(9)2)20(18,19)16-12(8-14)6-4-3-5-7-12/h16H,3-7H2,1-2H3. The Labute approximate surface area is 127 Å². The molecular weight excluding hydrogens is 344 g/mol. The average Bonchev–Trinajstić information content (AvgIpc) is 2.68. The van der Waals surface area contributed by atoms with Crippen LogP contribution in [0.5, 0.6) is 0 Å². The van der Waals surface area contributed by atoms with Gasteiger partial charge in [0.1, 0.15) is 16.0 Å². The first-order valence-corrected chi connectivity index (χ1v) is 8.73. The predicted octanol–water partition coefficient (Wildman–Crippen LogP) is 2.00. The quantitative estimate of drug-likeness (QED) is 0.892. The number of aromatic nitrogens is 2. The molecular formula is C12H17BrN4O2S. The van der Waals surface area contributed by atoms with Gasteiger partial charge < -0.3 is 4.57 Å². The van der Waals surface area contributed by atoms with E-state index in [0.29, 0.717) is 23.3 Å². The van der Waals surface area contributed by atoms with E-state index >= 15 is 0 Å². The molecule has 0 radical (unpaired) electrons. The molecule has 1 heterocycles. The molecule has 0 aliphatic heterocycles. The summed E-state index contributed by atoms with van der Waals surface area (Å²) in [6.07, 6.45) is 3.85. The van der Waals surface area contributed by atoms with Crippen LogP contribution in [0.3, 0.4) is 0 Å². The lowest BCUT2D eigenvalue weighted by Gasteiger charge is -2.30. The molecule has 1 aromatic heterocycles. The Hall–Kier alpha value is -0.910. The van der Waals surface area contributed by atoms with Crippen LogP contribution in [-0.4, -0.2) is 23.5 Å². The second-order valence-electron chi connectivity index (χ2n) is 5.17. The third-order valence-electron chi connectivity index (χ3n) is 3.73. The summed E-state index contributed by atoms with van der Waals surface area (Å²) >= 11 is 3.24. The number of imidazole rings is 1. The summed E-state index contributed by atoms with van der Waals surface area (Å²) in [5.74, 6) is 0.590. The number of nitrogens with one attached hydrogen (secondary N) is 1. The minimum absolute atomic E-state index is 0.0577. The van der Waals surface area contributed by atoms with Crippen LogP contribution >= 0.6 is 15.9 Å². The summed E-state index contributed by atoms with van der Waals surface area (Å²) < 4.78 is 29.6. The first-order valence-electron chi connectivity index (χ1n) is 6.45. The molecule has 0 unspecified atom stereocenters. The average molecular weight is 361 g/mol. The van der Waals surface area contributed by atoms with Crippen LogP contribution in [0.4, 0.5) is 0 Å². The first kappa shape index (κ1) is 15.5. The smallest absolute Gasteiger partial charge is 0.262 e. The second-order valence-corrected chi connectivity index (χ2v) is 7.52. The van der Waals surface area contributed by atoms with E-state index in [2.05, 4.69) is 31.7 Å². The number of hydrogen-bond acceptors (Lipinski definition) is 4. The molecule has 1 aromatic rings. The zero-order valence-electron chi connectivity index (χ0n) is 11.5. The summed E-state index contributed by atoms with van der Waals surface area (Å²) in [5, 5.41) is 9.31. The highest BCUT2D eigenvalue weighted by molar-refractivity contribution is 9.10. The molecule has 0 bridgehead atoms. The summed E-state index contributed by atoms with van der Waals surface area (Å²) in [6.45, 7) is 1.73. The van der Waals surface area contributed by atoms with Crippen LogP contribution in [0.1, 0.15) is 37.9 Å². The molecule has 6 nitrogen and oxygen atoms in total. The molecule has 0 saturated heterocycles. The molecule has 1 aliphatic rings. The van der Waals surface area contributed by atoms with Gasteiger partial charge in [0.2, 0.25) is 5.03 Å². The number of nitrogens with zero attached hydrogens (tertiary/aromatic N) is 3. The Morgan fingerprint density at radius 3 is 2.45 bits per heavy atom. The van der Waals surface area contributed by atoms with Crippen molar-refractivity contribution in [1.29, 1.82) is 5.26 Å². The number of rotatable bonds is 3. The molecule has 8 heteroatoms. The highest BCUT2D eigenvalue weighted by atomic mass is 79.9. The van der Waals surface area contributed by atoms with Gasteiger partial charge in [-0.25, -0.2) is 13.4 Å². The number of sulfonamides is 1. The molecule has 0 spiro atoms. The lowest BCUT2D eigenvalue weighted by molar-refractivity contribution is 0.337. The lowest BCUT2D eigenvalue weighted by atomic mass is 9.84. The number of hydrogen-bond donors (Lipinski definition) is 1. The van der Waals surface area contributed by atoms with Gasteiger partial charge in [-0.1, -0.05) is 19.3 Å². The van der Waals surface area contributed by atoms with Gasteiger partial charge >= 0.3 is 0 Å². The van der Waals surface area contributed by atoms with Crippen molar-refractivity contribution in [3.05, 3.63) is 10.4 Å². The van der Waals surface area contributed by atoms with Gasteiger partial charge in [-0.2, -0.15) is 9.98 Å². The highest BCUT2D eigenvalue weighted by Crippen LogP contribution is 2.30. The van der Waals surface area contributed by atoms with E-state index in [-0.39, 0.29) is 5.03 Å². The van der Waals surface area contributed by atoms with Crippen molar-refractivity contribution < 1.29 is 8.42 Å². The third kappa shape index (κ3) is 2.75. The first-order chi connectivity index (χ1) is 9.31. The summed E-state index contributed by atoms with van der Waals surface area (Å²) in [6, 6.07) is 2.14. The van der Waals surface area contributed by atoms with E-state index in [1.807, 2.05) is 0 Å². The monoisotopic (exact) mass is 360 g/mol. The molecule has 1 N–H and O–H groups in total. The topological polar surface area (TPSA) is 87.8 Å². The van der Waals surface area contributed by atoms with Crippen molar-refractivity contribution >= 4 is 26.0 Å². The molecule has 1 saturated carbocycles. The van der Waals surface area contributed by atoms with Crippen LogP contribution in [-0.2, 0) is 17.1 Å². The zero-order valence-corrected chi connectivity index (χ0v) is 13.9. The van der Waals surface area contributed by atoms with E-state index in [1.54, 1.807) is 18.5 Å². The maximum Gasteiger partial charge on any atom is 0.262 e. The Morgan fingerprint density at radius 2 is 2.00 bits per heavy atom. The Bertz CT molecular complexity index is 654. The second kappa shape index (κ2) is 5.47. The Morgan fingerprint density at radius 1 is 1.40 bits per heavy atom. The summed E-state index contributed by atoms with van der Waals surface area (Å²) in [4.78, 5) is 4.07.